The number of aromatic nitrogens is 2. The lowest BCUT2D eigenvalue weighted by atomic mass is 10.1. The molecule has 0 spiro atoms. The van der Waals surface area contributed by atoms with Crippen molar-refractivity contribution in [2.24, 2.45) is 0 Å². The number of rotatable bonds is 6. The number of aliphatic hydroxyl groups excluding tert-OH is 1. The smallest absolute Gasteiger partial charge is 0.332 e. The van der Waals surface area contributed by atoms with Gasteiger partial charge in [0.05, 0.1) is 31.7 Å². The van der Waals surface area contributed by atoms with E-state index in [1.807, 2.05) is 0 Å². The third-order valence-electron chi connectivity index (χ3n) is 3.59. The number of aryl methyl sites for hydroxylation is 1. The van der Waals surface area contributed by atoms with Crippen LogP contribution in [0.25, 0.3) is 10.2 Å². The zero-order chi connectivity index (χ0) is 17.4. The van der Waals surface area contributed by atoms with Crippen molar-refractivity contribution in [1.29, 1.82) is 0 Å². The number of thiophene rings is 1. The van der Waals surface area contributed by atoms with Crippen LogP contribution in [0.3, 0.4) is 0 Å². The van der Waals surface area contributed by atoms with Gasteiger partial charge in [0.25, 0.3) is 5.56 Å². The van der Waals surface area contributed by atoms with Crippen molar-refractivity contribution in [3.05, 3.63) is 31.3 Å². The fourth-order valence-corrected chi connectivity index (χ4v) is 3.66. The molecule has 0 aromatic carbocycles. The van der Waals surface area contributed by atoms with Crippen LogP contribution in [0.15, 0.2) is 9.59 Å². The molecule has 0 radical (unpaired) electrons. The predicted molar refractivity (Wildman–Crippen MR) is 88.1 cm³/mol. The van der Waals surface area contributed by atoms with Crippen molar-refractivity contribution in [3.8, 4) is 0 Å². The van der Waals surface area contributed by atoms with E-state index in [0.29, 0.717) is 20.7 Å². The molecule has 0 bridgehead atoms. The van der Waals surface area contributed by atoms with Crippen LogP contribution in [-0.2, 0) is 24.4 Å². The molecule has 128 valence electrons. The van der Waals surface area contributed by atoms with Gasteiger partial charge >= 0.3 is 5.69 Å². The van der Waals surface area contributed by atoms with E-state index in [4.69, 9.17) is 4.74 Å². The molecule has 0 saturated heterocycles. The van der Waals surface area contributed by atoms with Gasteiger partial charge in [0, 0.05) is 12.0 Å². The summed E-state index contributed by atoms with van der Waals surface area (Å²) in [6.45, 7) is 4.38. The Morgan fingerprint density at radius 1 is 1.30 bits per heavy atom. The Morgan fingerprint density at radius 2 is 1.96 bits per heavy atom. The summed E-state index contributed by atoms with van der Waals surface area (Å²) in [5.74, 6) is 0. The van der Waals surface area contributed by atoms with E-state index in [9.17, 15) is 19.1 Å². The third-order valence-corrected chi connectivity index (χ3v) is 4.89. The van der Waals surface area contributed by atoms with Crippen molar-refractivity contribution in [2.75, 3.05) is 13.7 Å². The van der Waals surface area contributed by atoms with Gasteiger partial charge < -0.3 is 9.84 Å². The van der Waals surface area contributed by atoms with E-state index in [2.05, 4.69) is 0 Å². The highest BCUT2D eigenvalue weighted by Crippen LogP contribution is 2.27. The number of alkyl halides is 1. The van der Waals surface area contributed by atoms with Gasteiger partial charge in [-0.25, -0.2) is 9.18 Å². The minimum absolute atomic E-state index is 0.211. The summed E-state index contributed by atoms with van der Waals surface area (Å²) in [4.78, 5) is 26.4. The molecule has 0 aliphatic rings. The highest BCUT2D eigenvalue weighted by molar-refractivity contribution is 7.18. The van der Waals surface area contributed by atoms with Gasteiger partial charge in [-0.2, -0.15) is 0 Å². The lowest BCUT2D eigenvalue weighted by Crippen LogP contribution is -2.44. The van der Waals surface area contributed by atoms with E-state index in [-0.39, 0.29) is 26.3 Å². The highest BCUT2D eigenvalue weighted by Gasteiger charge is 2.24. The summed E-state index contributed by atoms with van der Waals surface area (Å²) < 4.78 is 21.4. The summed E-state index contributed by atoms with van der Waals surface area (Å²) in [5.41, 5.74) is -2.14. The normalized spacial score (nSPS) is 12.3. The molecule has 0 saturated carbocycles. The number of halogens is 1. The summed E-state index contributed by atoms with van der Waals surface area (Å²) in [6.07, 6.45) is 0. The van der Waals surface area contributed by atoms with Gasteiger partial charge in [-0.3, -0.25) is 13.9 Å². The van der Waals surface area contributed by atoms with Crippen molar-refractivity contribution in [2.45, 2.75) is 46.1 Å². The van der Waals surface area contributed by atoms with Gasteiger partial charge in [0.2, 0.25) is 0 Å². The monoisotopic (exact) mass is 344 g/mol. The molecule has 0 fully saturated rings. The molecular formula is C15H21FN2O4S. The van der Waals surface area contributed by atoms with Crippen LogP contribution >= 0.6 is 11.3 Å². The van der Waals surface area contributed by atoms with Crippen LogP contribution in [0, 0.1) is 6.92 Å². The Labute approximate surface area is 136 Å². The SMILES string of the molecule is COCCn1c(=O)n(CC(C)(C)F)c(=O)c2c(C)c(CO)sc21. The van der Waals surface area contributed by atoms with Crippen molar-refractivity contribution in [1.82, 2.24) is 9.13 Å². The number of nitrogens with zero attached hydrogens (tertiary/aromatic N) is 2. The summed E-state index contributed by atoms with van der Waals surface area (Å²) >= 11 is 1.21. The van der Waals surface area contributed by atoms with Crippen molar-refractivity contribution in [3.63, 3.8) is 0 Å². The molecule has 8 heteroatoms. The molecular weight excluding hydrogens is 323 g/mol. The quantitative estimate of drug-likeness (QED) is 0.860. The lowest BCUT2D eigenvalue weighted by molar-refractivity contribution is 0.175. The molecule has 0 atom stereocenters. The number of hydrogen-bond acceptors (Lipinski definition) is 5. The maximum absolute atomic E-state index is 14.0. The molecule has 0 aliphatic heterocycles. The number of hydrogen-bond donors (Lipinski definition) is 1. The Kier molecular flexibility index (Phi) is 5.07. The van der Waals surface area contributed by atoms with Crippen LogP contribution in [-0.4, -0.2) is 33.6 Å². The zero-order valence-corrected chi connectivity index (χ0v) is 14.5. The van der Waals surface area contributed by atoms with Crippen LogP contribution in [0.5, 0.6) is 0 Å². The average Bonchev–Trinajstić information content (AvgIpc) is 2.79. The predicted octanol–water partition coefficient (Wildman–Crippen LogP) is 1.42. The topological polar surface area (TPSA) is 73.5 Å². The van der Waals surface area contributed by atoms with Gasteiger partial charge in [-0.1, -0.05) is 0 Å². The lowest BCUT2D eigenvalue weighted by Gasteiger charge is -2.17. The van der Waals surface area contributed by atoms with Crippen LogP contribution in [0.1, 0.15) is 24.3 Å². The van der Waals surface area contributed by atoms with E-state index in [1.54, 1.807) is 6.92 Å². The highest BCUT2D eigenvalue weighted by atomic mass is 32.1. The van der Waals surface area contributed by atoms with E-state index >= 15 is 0 Å². The first-order valence-corrected chi connectivity index (χ1v) is 8.07. The van der Waals surface area contributed by atoms with Crippen LogP contribution in [0.4, 0.5) is 4.39 Å². The molecule has 2 aromatic heterocycles. The minimum Gasteiger partial charge on any atom is -0.391 e. The van der Waals surface area contributed by atoms with E-state index in [0.717, 1.165) is 4.57 Å². The molecule has 0 unspecified atom stereocenters. The first-order chi connectivity index (χ1) is 10.7. The van der Waals surface area contributed by atoms with E-state index in [1.165, 1.54) is 36.9 Å². The number of methoxy groups -OCH3 is 1. The fraction of sp³-hybridized carbons (Fsp3) is 0.600. The summed E-state index contributed by atoms with van der Waals surface area (Å²) in [6, 6.07) is 0. The Hall–Kier alpha value is -1.51. The zero-order valence-electron chi connectivity index (χ0n) is 13.7. The number of aliphatic hydroxyl groups is 1. The second kappa shape index (κ2) is 6.54. The van der Waals surface area contributed by atoms with E-state index < -0.39 is 16.9 Å². The second-order valence-corrected chi connectivity index (χ2v) is 7.11. The standard InChI is InChI=1S/C15H21FN2O4S/c1-9-10(7-19)23-13-11(9)12(20)18(8-15(2,3)16)14(21)17(13)5-6-22-4/h19H,5-8H2,1-4H3. The molecule has 2 rings (SSSR count). The van der Waals surface area contributed by atoms with Crippen molar-refractivity contribution >= 4 is 21.6 Å². The van der Waals surface area contributed by atoms with Gasteiger partial charge in [0.15, 0.2) is 0 Å². The van der Waals surface area contributed by atoms with Crippen molar-refractivity contribution < 1.29 is 14.2 Å². The Balaban J connectivity index is 2.84. The van der Waals surface area contributed by atoms with Gasteiger partial charge in [0.1, 0.15) is 10.5 Å². The van der Waals surface area contributed by atoms with Crippen LogP contribution in [0.2, 0.25) is 0 Å². The average molecular weight is 344 g/mol. The molecule has 23 heavy (non-hydrogen) atoms. The maximum Gasteiger partial charge on any atom is 0.332 e. The number of fused-ring (bicyclic) bond motifs is 1. The maximum atomic E-state index is 14.0. The molecule has 0 aliphatic carbocycles. The summed E-state index contributed by atoms with van der Waals surface area (Å²) in [5, 5.41) is 9.79. The third kappa shape index (κ3) is 3.39. The van der Waals surface area contributed by atoms with Gasteiger partial charge in [-0.05, 0) is 26.3 Å². The Bertz CT molecular complexity index is 829. The molecule has 2 heterocycles. The molecule has 6 nitrogen and oxygen atoms in total. The molecule has 2 aromatic rings. The minimum atomic E-state index is -1.69. The second-order valence-electron chi connectivity index (χ2n) is 6.03. The molecule has 1 N–H and O–H groups in total. The first kappa shape index (κ1) is 17.8. The summed E-state index contributed by atoms with van der Waals surface area (Å²) in [7, 11) is 1.52. The molecule has 0 amide bonds. The Morgan fingerprint density at radius 3 is 2.48 bits per heavy atom. The van der Waals surface area contributed by atoms with Crippen LogP contribution < -0.4 is 11.2 Å². The largest absolute Gasteiger partial charge is 0.391 e. The number of ether oxygens (including phenoxy) is 1. The van der Waals surface area contributed by atoms with Gasteiger partial charge in [-0.15, -0.1) is 11.3 Å². The fourth-order valence-electron chi connectivity index (χ4n) is 2.49. The first-order valence-electron chi connectivity index (χ1n) is 7.25.